The van der Waals surface area contributed by atoms with Gasteiger partial charge in [-0.1, -0.05) is 90.7 Å². The van der Waals surface area contributed by atoms with Crippen LogP contribution in [0.1, 0.15) is 117 Å². The maximum atomic E-state index is 12.9. The molecule has 0 aromatic heterocycles. The number of rotatable bonds is 21. The SMILES string of the molecule is C=Cc1cc(C(=O)Oc2ccc(OCCCCCCCC)cc2)ccc1C(=O)Oc1ccc(OCCCCCCCC)cc1. The van der Waals surface area contributed by atoms with Crippen molar-refractivity contribution in [3.63, 3.8) is 0 Å². The Balaban J connectivity index is 1.46. The standard InChI is InChI=1S/C38H48O6/c1-4-7-9-11-13-15-27-41-32-18-22-34(23-19-32)43-37(39)31-17-26-36(30(6-3)29-31)38(40)44-35-24-20-33(21-25-35)42-28-16-14-12-10-8-5-2/h6,17-26,29H,3-5,7-16,27-28H2,1-2H3. The van der Waals surface area contributed by atoms with Gasteiger partial charge in [0.05, 0.1) is 24.3 Å². The Morgan fingerprint density at radius 2 is 1.00 bits per heavy atom. The molecule has 0 N–H and O–H groups in total. The fourth-order valence-electron chi connectivity index (χ4n) is 4.73. The van der Waals surface area contributed by atoms with Gasteiger partial charge < -0.3 is 18.9 Å². The van der Waals surface area contributed by atoms with Crippen LogP contribution >= 0.6 is 0 Å². The molecule has 6 heteroatoms. The van der Waals surface area contributed by atoms with Gasteiger partial charge in [0.1, 0.15) is 23.0 Å². The highest BCUT2D eigenvalue weighted by molar-refractivity contribution is 5.98. The van der Waals surface area contributed by atoms with E-state index in [-0.39, 0.29) is 0 Å². The van der Waals surface area contributed by atoms with Crippen molar-refractivity contribution < 1.29 is 28.5 Å². The minimum Gasteiger partial charge on any atom is -0.494 e. The van der Waals surface area contributed by atoms with Gasteiger partial charge in [-0.25, -0.2) is 9.59 Å². The molecule has 0 spiro atoms. The highest BCUT2D eigenvalue weighted by Crippen LogP contribution is 2.23. The van der Waals surface area contributed by atoms with E-state index in [4.69, 9.17) is 18.9 Å². The molecule has 0 fully saturated rings. The summed E-state index contributed by atoms with van der Waals surface area (Å²) in [7, 11) is 0. The van der Waals surface area contributed by atoms with Crippen LogP contribution in [0.5, 0.6) is 23.0 Å². The zero-order valence-electron chi connectivity index (χ0n) is 26.5. The Morgan fingerprint density at radius 3 is 1.48 bits per heavy atom. The number of esters is 2. The summed E-state index contributed by atoms with van der Waals surface area (Å²) in [5.74, 6) is 1.21. The van der Waals surface area contributed by atoms with Crippen LogP contribution in [0, 0.1) is 0 Å². The Bertz CT molecular complexity index is 1280. The smallest absolute Gasteiger partial charge is 0.344 e. The minimum atomic E-state index is -0.544. The Labute approximate surface area is 263 Å². The van der Waals surface area contributed by atoms with Crippen molar-refractivity contribution >= 4 is 18.0 Å². The van der Waals surface area contributed by atoms with E-state index in [0.717, 1.165) is 24.3 Å². The Morgan fingerprint density at radius 1 is 0.568 bits per heavy atom. The van der Waals surface area contributed by atoms with E-state index in [1.165, 1.54) is 70.3 Å². The highest BCUT2D eigenvalue weighted by Gasteiger charge is 2.17. The summed E-state index contributed by atoms with van der Waals surface area (Å²) in [6, 6.07) is 18.7. The van der Waals surface area contributed by atoms with E-state index in [1.807, 2.05) is 0 Å². The average molecular weight is 601 g/mol. The summed E-state index contributed by atoms with van der Waals surface area (Å²) >= 11 is 0. The highest BCUT2D eigenvalue weighted by atomic mass is 16.5. The molecule has 3 aromatic carbocycles. The van der Waals surface area contributed by atoms with Crippen LogP contribution < -0.4 is 18.9 Å². The van der Waals surface area contributed by atoms with E-state index in [0.29, 0.717) is 41.4 Å². The van der Waals surface area contributed by atoms with Gasteiger partial charge in [0.2, 0.25) is 0 Å². The largest absolute Gasteiger partial charge is 0.494 e. The Hall–Kier alpha value is -4.06. The van der Waals surface area contributed by atoms with Crippen LogP contribution in [-0.4, -0.2) is 25.2 Å². The summed E-state index contributed by atoms with van der Waals surface area (Å²) in [4.78, 5) is 25.8. The molecule has 3 aromatic rings. The molecular weight excluding hydrogens is 552 g/mol. The monoisotopic (exact) mass is 600 g/mol. The van der Waals surface area contributed by atoms with Crippen LogP contribution in [0.2, 0.25) is 0 Å². The molecule has 6 nitrogen and oxygen atoms in total. The maximum Gasteiger partial charge on any atom is 0.344 e. The summed E-state index contributed by atoms with van der Waals surface area (Å²) in [5, 5.41) is 0. The van der Waals surface area contributed by atoms with Crippen molar-refractivity contribution in [2.45, 2.75) is 90.9 Å². The fourth-order valence-corrected chi connectivity index (χ4v) is 4.73. The van der Waals surface area contributed by atoms with Crippen LogP contribution in [-0.2, 0) is 0 Å². The lowest BCUT2D eigenvalue weighted by molar-refractivity contribution is 0.0720. The van der Waals surface area contributed by atoms with Crippen molar-refractivity contribution in [1.82, 2.24) is 0 Å². The first-order chi connectivity index (χ1) is 21.5. The van der Waals surface area contributed by atoms with Crippen LogP contribution in [0.3, 0.4) is 0 Å². The minimum absolute atomic E-state index is 0.298. The van der Waals surface area contributed by atoms with E-state index in [9.17, 15) is 9.59 Å². The zero-order valence-corrected chi connectivity index (χ0v) is 26.5. The lowest BCUT2D eigenvalue weighted by atomic mass is 10.0. The van der Waals surface area contributed by atoms with Crippen molar-refractivity contribution in [1.29, 1.82) is 0 Å². The molecule has 0 bridgehead atoms. The normalized spacial score (nSPS) is 10.7. The average Bonchev–Trinajstić information content (AvgIpc) is 3.05. The molecule has 44 heavy (non-hydrogen) atoms. The van der Waals surface area contributed by atoms with Gasteiger partial charge in [0, 0.05) is 0 Å². The maximum absolute atomic E-state index is 12.9. The summed E-state index contributed by atoms with van der Waals surface area (Å²) in [6.45, 7) is 9.57. The molecule has 3 rings (SSSR count). The first-order valence-electron chi connectivity index (χ1n) is 16.2. The van der Waals surface area contributed by atoms with Gasteiger partial charge >= 0.3 is 11.9 Å². The lowest BCUT2D eigenvalue weighted by Crippen LogP contribution is -2.13. The van der Waals surface area contributed by atoms with Crippen molar-refractivity contribution in [2.75, 3.05) is 13.2 Å². The molecule has 0 aliphatic carbocycles. The van der Waals surface area contributed by atoms with Gasteiger partial charge in [-0.2, -0.15) is 0 Å². The molecule has 0 saturated heterocycles. The van der Waals surface area contributed by atoms with E-state index in [1.54, 1.807) is 66.7 Å². The molecule has 0 aliphatic heterocycles. The van der Waals surface area contributed by atoms with E-state index in [2.05, 4.69) is 20.4 Å². The third-order valence-corrected chi connectivity index (χ3v) is 7.33. The number of hydrogen-bond donors (Lipinski definition) is 0. The number of carbonyl (C=O) groups is 2. The van der Waals surface area contributed by atoms with Crippen molar-refractivity contribution in [2.24, 2.45) is 0 Å². The summed E-state index contributed by atoms with van der Waals surface area (Å²) in [5.41, 5.74) is 1.07. The lowest BCUT2D eigenvalue weighted by Gasteiger charge is -2.11. The third kappa shape index (κ3) is 12.3. The number of unbranched alkanes of at least 4 members (excludes halogenated alkanes) is 10. The zero-order chi connectivity index (χ0) is 31.4. The van der Waals surface area contributed by atoms with Crippen LogP contribution in [0.15, 0.2) is 73.3 Å². The van der Waals surface area contributed by atoms with E-state index >= 15 is 0 Å². The predicted molar refractivity (Wildman–Crippen MR) is 177 cm³/mol. The van der Waals surface area contributed by atoms with Crippen molar-refractivity contribution in [3.05, 3.63) is 90.0 Å². The topological polar surface area (TPSA) is 71.1 Å². The Kier molecular flexibility index (Phi) is 15.6. The second-order valence-corrected chi connectivity index (χ2v) is 11.0. The molecule has 0 saturated carbocycles. The molecule has 0 amide bonds. The number of benzene rings is 3. The molecule has 0 heterocycles. The van der Waals surface area contributed by atoms with Gasteiger partial charge in [-0.15, -0.1) is 0 Å². The van der Waals surface area contributed by atoms with Crippen LogP contribution in [0.25, 0.3) is 6.08 Å². The van der Waals surface area contributed by atoms with Crippen LogP contribution in [0.4, 0.5) is 0 Å². The fraction of sp³-hybridized carbons (Fsp3) is 0.421. The molecular formula is C38H48O6. The summed E-state index contributed by atoms with van der Waals surface area (Å²) < 4.78 is 22.7. The number of ether oxygens (including phenoxy) is 4. The second-order valence-electron chi connectivity index (χ2n) is 11.0. The third-order valence-electron chi connectivity index (χ3n) is 7.33. The summed E-state index contributed by atoms with van der Waals surface area (Å²) in [6.07, 6.45) is 16.0. The first-order valence-corrected chi connectivity index (χ1v) is 16.2. The molecule has 236 valence electrons. The van der Waals surface area contributed by atoms with E-state index < -0.39 is 11.9 Å². The van der Waals surface area contributed by atoms with Crippen molar-refractivity contribution in [3.8, 4) is 23.0 Å². The first kappa shape index (κ1) is 34.4. The van der Waals surface area contributed by atoms with Gasteiger partial charge in [0.25, 0.3) is 0 Å². The molecule has 0 aliphatic rings. The molecule has 0 radical (unpaired) electrons. The quantitative estimate of drug-likeness (QED) is 0.0688. The molecule has 0 atom stereocenters. The number of hydrogen-bond acceptors (Lipinski definition) is 6. The predicted octanol–water partition coefficient (Wildman–Crippen LogP) is 10.2. The van der Waals surface area contributed by atoms with Gasteiger partial charge in [0.15, 0.2) is 0 Å². The van der Waals surface area contributed by atoms with Gasteiger partial charge in [-0.05, 0) is 85.1 Å². The van der Waals surface area contributed by atoms with Gasteiger partial charge in [-0.3, -0.25) is 0 Å². The molecule has 0 unspecified atom stereocenters. The number of carbonyl (C=O) groups excluding carboxylic acids is 2. The second kappa shape index (κ2) is 20.0.